The molecule has 0 atom stereocenters. The van der Waals surface area contributed by atoms with Crippen molar-refractivity contribution in [2.75, 3.05) is 6.54 Å². The van der Waals surface area contributed by atoms with Crippen LogP contribution in [0.4, 0.5) is 0 Å². The van der Waals surface area contributed by atoms with E-state index in [1.807, 2.05) is 41.3 Å². The Morgan fingerprint density at radius 2 is 1.91 bits per heavy atom. The number of hydrogen-bond acceptors (Lipinski definition) is 1. The molecule has 2 aromatic carbocycles. The maximum absolute atomic E-state index is 12.6. The Morgan fingerprint density at radius 3 is 2.74 bits per heavy atom. The van der Waals surface area contributed by atoms with Crippen LogP contribution in [-0.2, 0) is 24.2 Å². The summed E-state index contributed by atoms with van der Waals surface area (Å²) < 4.78 is 0. The van der Waals surface area contributed by atoms with Gasteiger partial charge in [0.05, 0.1) is 6.42 Å². The van der Waals surface area contributed by atoms with Crippen LogP contribution in [0.1, 0.15) is 16.8 Å². The first-order valence-corrected chi connectivity index (χ1v) is 8.19. The van der Waals surface area contributed by atoms with Crippen LogP contribution in [0.25, 0.3) is 10.9 Å². The molecule has 1 aromatic heterocycles. The van der Waals surface area contributed by atoms with Gasteiger partial charge in [-0.15, -0.1) is 0 Å². The minimum atomic E-state index is 0.170. The summed E-state index contributed by atoms with van der Waals surface area (Å²) >= 11 is 5.90. The highest BCUT2D eigenvalue weighted by atomic mass is 35.5. The minimum Gasteiger partial charge on any atom is -0.358 e. The number of hydrogen-bond donors (Lipinski definition) is 1. The highest BCUT2D eigenvalue weighted by Gasteiger charge is 2.23. The summed E-state index contributed by atoms with van der Waals surface area (Å²) in [7, 11) is 0. The number of amides is 1. The lowest BCUT2D eigenvalue weighted by Crippen LogP contribution is -2.36. The number of rotatable bonds is 2. The van der Waals surface area contributed by atoms with Gasteiger partial charge in [-0.25, -0.2) is 0 Å². The molecule has 3 nitrogen and oxygen atoms in total. The highest BCUT2D eigenvalue weighted by molar-refractivity contribution is 6.30. The normalized spacial score (nSPS) is 14.0. The van der Waals surface area contributed by atoms with Gasteiger partial charge in [-0.1, -0.05) is 41.9 Å². The molecule has 1 N–H and O–H groups in total. The average Bonchev–Trinajstić information content (AvgIpc) is 2.94. The van der Waals surface area contributed by atoms with Gasteiger partial charge in [0, 0.05) is 46.7 Å². The van der Waals surface area contributed by atoms with Crippen molar-refractivity contribution in [2.24, 2.45) is 0 Å². The van der Waals surface area contributed by atoms with E-state index in [-0.39, 0.29) is 5.91 Å². The lowest BCUT2D eigenvalue weighted by molar-refractivity contribution is -0.131. The van der Waals surface area contributed by atoms with E-state index >= 15 is 0 Å². The van der Waals surface area contributed by atoms with Gasteiger partial charge < -0.3 is 9.88 Å². The molecule has 1 aliphatic rings. The highest BCUT2D eigenvalue weighted by Crippen LogP contribution is 2.27. The lowest BCUT2D eigenvalue weighted by Gasteiger charge is -2.27. The average molecular weight is 325 g/mol. The zero-order valence-electron chi connectivity index (χ0n) is 12.7. The summed E-state index contributed by atoms with van der Waals surface area (Å²) in [5, 5.41) is 1.93. The number of para-hydroxylation sites is 1. The van der Waals surface area contributed by atoms with Crippen molar-refractivity contribution >= 4 is 28.4 Å². The van der Waals surface area contributed by atoms with Crippen LogP contribution >= 0.6 is 11.6 Å². The molecular weight excluding hydrogens is 308 g/mol. The largest absolute Gasteiger partial charge is 0.358 e. The Morgan fingerprint density at radius 1 is 1.13 bits per heavy atom. The maximum atomic E-state index is 12.6. The van der Waals surface area contributed by atoms with Gasteiger partial charge >= 0.3 is 0 Å². The number of aromatic nitrogens is 1. The first kappa shape index (κ1) is 14.3. The van der Waals surface area contributed by atoms with Crippen molar-refractivity contribution in [3.05, 3.63) is 70.4 Å². The van der Waals surface area contributed by atoms with Crippen molar-refractivity contribution in [3.8, 4) is 0 Å². The molecule has 0 fully saturated rings. The van der Waals surface area contributed by atoms with Gasteiger partial charge in [0.25, 0.3) is 0 Å². The number of H-pyrrole nitrogens is 1. The Hall–Kier alpha value is -2.26. The number of halogens is 1. The number of nitrogens with zero attached hydrogens (tertiary/aromatic N) is 1. The van der Waals surface area contributed by atoms with Gasteiger partial charge in [0.2, 0.25) is 5.91 Å². The number of carbonyl (C=O) groups excluding carboxylic acids is 1. The molecule has 2 heterocycles. The van der Waals surface area contributed by atoms with E-state index in [1.165, 1.54) is 16.6 Å². The van der Waals surface area contributed by atoms with Crippen molar-refractivity contribution < 1.29 is 4.79 Å². The molecule has 4 rings (SSSR count). The smallest absolute Gasteiger partial charge is 0.227 e. The molecule has 1 aliphatic heterocycles. The van der Waals surface area contributed by atoms with Crippen LogP contribution in [0.15, 0.2) is 48.5 Å². The van der Waals surface area contributed by atoms with Crippen molar-refractivity contribution in [2.45, 2.75) is 19.4 Å². The second-order valence-corrected chi connectivity index (χ2v) is 6.43. The summed E-state index contributed by atoms with van der Waals surface area (Å²) in [6.45, 7) is 1.46. The van der Waals surface area contributed by atoms with Gasteiger partial charge in [-0.05, 0) is 23.8 Å². The summed E-state index contributed by atoms with van der Waals surface area (Å²) in [6.07, 6.45) is 1.31. The topological polar surface area (TPSA) is 36.1 Å². The zero-order chi connectivity index (χ0) is 15.8. The summed E-state index contributed by atoms with van der Waals surface area (Å²) in [6, 6.07) is 15.8. The van der Waals surface area contributed by atoms with Crippen LogP contribution in [0, 0.1) is 0 Å². The Labute approximate surface area is 139 Å². The van der Waals surface area contributed by atoms with Gasteiger partial charge in [-0.2, -0.15) is 0 Å². The first-order chi connectivity index (χ1) is 11.2. The first-order valence-electron chi connectivity index (χ1n) is 7.81. The molecule has 0 saturated carbocycles. The van der Waals surface area contributed by atoms with E-state index in [0.29, 0.717) is 18.0 Å². The monoisotopic (exact) mass is 324 g/mol. The van der Waals surface area contributed by atoms with Crippen molar-refractivity contribution in [1.82, 2.24) is 9.88 Å². The van der Waals surface area contributed by atoms with Crippen molar-refractivity contribution in [3.63, 3.8) is 0 Å². The number of carbonyl (C=O) groups is 1. The van der Waals surface area contributed by atoms with E-state index < -0.39 is 0 Å². The van der Waals surface area contributed by atoms with E-state index in [0.717, 1.165) is 24.0 Å². The number of nitrogens with one attached hydrogen (secondary N) is 1. The quantitative estimate of drug-likeness (QED) is 0.761. The summed E-state index contributed by atoms with van der Waals surface area (Å²) in [5.74, 6) is 0.170. The Bertz CT molecular complexity index is 867. The second-order valence-electron chi connectivity index (χ2n) is 6.00. The molecule has 4 heteroatoms. The fraction of sp³-hybridized carbons (Fsp3) is 0.211. The van der Waals surface area contributed by atoms with Crippen LogP contribution in [0.2, 0.25) is 5.02 Å². The van der Waals surface area contributed by atoms with Crippen LogP contribution in [0.3, 0.4) is 0 Å². The van der Waals surface area contributed by atoms with Gasteiger partial charge in [0.1, 0.15) is 0 Å². The molecular formula is C19H17ClN2O. The second kappa shape index (κ2) is 5.74. The molecule has 3 aromatic rings. The predicted octanol–water partition coefficient (Wildman–Crippen LogP) is 3.95. The standard InChI is InChI=1S/C19H17ClN2O/c20-14-7-5-13(6-8-14)11-19(23)22-10-9-18-16(12-22)15-3-1-2-4-17(15)21-18/h1-8,21H,9-12H2. The third-order valence-electron chi connectivity index (χ3n) is 4.50. The molecule has 0 spiro atoms. The van der Waals surface area contributed by atoms with E-state index in [9.17, 15) is 4.79 Å². The molecule has 0 unspecified atom stereocenters. The molecule has 1 amide bonds. The number of fused-ring (bicyclic) bond motifs is 3. The SMILES string of the molecule is O=C(Cc1ccc(Cl)cc1)N1CCc2[nH]c3ccccc3c2C1. The molecule has 0 saturated heterocycles. The van der Waals surface area contributed by atoms with Crippen LogP contribution in [-0.4, -0.2) is 22.3 Å². The third-order valence-corrected chi connectivity index (χ3v) is 4.76. The molecule has 0 radical (unpaired) electrons. The van der Waals surface area contributed by atoms with E-state index in [1.54, 1.807) is 0 Å². The predicted molar refractivity (Wildman–Crippen MR) is 92.6 cm³/mol. The molecule has 0 bridgehead atoms. The van der Waals surface area contributed by atoms with E-state index in [4.69, 9.17) is 11.6 Å². The fourth-order valence-corrected chi connectivity index (χ4v) is 3.39. The van der Waals surface area contributed by atoms with E-state index in [2.05, 4.69) is 17.1 Å². The van der Waals surface area contributed by atoms with Gasteiger partial charge in [0.15, 0.2) is 0 Å². The van der Waals surface area contributed by atoms with Gasteiger partial charge in [-0.3, -0.25) is 4.79 Å². The summed E-state index contributed by atoms with van der Waals surface area (Å²) in [5.41, 5.74) is 4.69. The maximum Gasteiger partial charge on any atom is 0.227 e. The number of benzene rings is 2. The fourth-order valence-electron chi connectivity index (χ4n) is 3.27. The molecule has 116 valence electrons. The zero-order valence-corrected chi connectivity index (χ0v) is 13.4. The minimum absolute atomic E-state index is 0.170. The van der Waals surface area contributed by atoms with Crippen LogP contribution < -0.4 is 0 Å². The Kier molecular flexibility index (Phi) is 3.58. The van der Waals surface area contributed by atoms with Crippen LogP contribution in [0.5, 0.6) is 0 Å². The molecule has 23 heavy (non-hydrogen) atoms. The Balaban J connectivity index is 1.55. The summed E-state index contributed by atoms with van der Waals surface area (Å²) in [4.78, 5) is 18.0. The third kappa shape index (κ3) is 2.73. The van der Waals surface area contributed by atoms with Crippen molar-refractivity contribution in [1.29, 1.82) is 0 Å². The number of aromatic amines is 1. The lowest BCUT2D eigenvalue weighted by atomic mass is 10.0. The molecule has 0 aliphatic carbocycles.